The van der Waals surface area contributed by atoms with Crippen LogP contribution in [0.2, 0.25) is 0 Å². The first-order valence-corrected chi connectivity index (χ1v) is 17.0. The van der Waals surface area contributed by atoms with Crippen LogP contribution in [0.4, 0.5) is 0 Å². The molecule has 0 aliphatic carbocycles. The van der Waals surface area contributed by atoms with Crippen LogP contribution in [0.15, 0.2) is 133 Å². The van der Waals surface area contributed by atoms with Crippen molar-refractivity contribution in [2.24, 2.45) is 0 Å². The molecule has 250 valence electrons. The molecule has 0 N–H and O–H groups in total. The summed E-state index contributed by atoms with van der Waals surface area (Å²) in [7, 11) is 0. The molecule has 0 aliphatic heterocycles. The minimum atomic E-state index is 0. The first-order chi connectivity index (χ1) is 22.6. The smallest absolute Gasteiger partial charge is 1.00 e. The zero-order chi connectivity index (χ0) is 32.9. The van der Waals surface area contributed by atoms with E-state index in [0.29, 0.717) is 5.92 Å². The van der Waals surface area contributed by atoms with Gasteiger partial charge in [-0.2, -0.15) is 6.07 Å². The molecule has 0 amide bonds. The standard InChI is InChI=1S/C25H19.C22H25.2ClH.Zr/c1-16-7-5-11-21-23(16)15-17(2)24(21)22-12-6-9-19-14-13-18-8-3-4-10-20(18)25(19)22;1-15(2)18-13-17-7-6-8-20(21(17)14-18)16-9-11-19(12-10-16)22(3,4)5;;;/h3-15H,1-2H3;6-15H,1-5H3;2*1H;/q2*-1;;;+4/p-2. The summed E-state index contributed by atoms with van der Waals surface area (Å²) in [5.74, 6) is 0.573. The topological polar surface area (TPSA) is 0 Å². The third kappa shape index (κ3) is 7.43. The molecule has 8 aromatic carbocycles. The summed E-state index contributed by atoms with van der Waals surface area (Å²) in [6, 6.07) is 49.2. The van der Waals surface area contributed by atoms with Gasteiger partial charge in [-0.15, -0.1) is 80.2 Å². The Labute approximate surface area is 329 Å². The number of hydrogen-bond donors (Lipinski definition) is 0. The molecule has 0 unspecified atom stereocenters. The van der Waals surface area contributed by atoms with Crippen molar-refractivity contribution < 1.29 is 51.0 Å². The summed E-state index contributed by atoms with van der Waals surface area (Å²) >= 11 is 0. The molecular weight excluding hydrogens is 727 g/mol. The van der Waals surface area contributed by atoms with E-state index in [9.17, 15) is 0 Å². The maximum Gasteiger partial charge on any atom is 4.00 e. The Kier molecular flexibility index (Phi) is 12.4. The van der Waals surface area contributed by atoms with E-state index < -0.39 is 0 Å². The zero-order valence-corrected chi connectivity index (χ0v) is 34.0. The largest absolute Gasteiger partial charge is 4.00 e. The van der Waals surface area contributed by atoms with E-state index in [-0.39, 0.29) is 56.4 Å². The molecule has 0 aromatic heterocycles. The molecule has 0 saturated heterocycles. The fourth-order valence-electron chi connectivity index (χ4n) is 7.21. The van der Waals surface area contributed by atoms with E-state index in [4.69, 9.17) is 0 Å². The molecule has 0 fully saturated rings. The van der Waals surface area contributed by atoms with E-state index in [1.54, 1.807) is 0 Å². The van der Waals surface area contributed by atoms with Crippen LogP contribution in [0.25, 0.3) is 65.3 Å². The maximum atomic E-state index is 2.35. The van der Waals surface area contributed by atoms with Crippen molar-refractivity contribution in [3.05, 3.63) is 156 Å². The van der Waals surface area contributed by atoms with Gasteiger partial charge in [-0.05, 0) is 44.0 Å². The van der Waals surface area contributed by atoms with E-state index in [2.05, 4.69) is 182 Å². The Morgan fingerprint density at radius 3 is 1.92 bits per heavy atom. The summed E-state index contributed by atoms with van der Waals surface area (Å²) < 4.78 is 0. The summed E-state index contributed by atoms with van der Waals surface area (Å²) in [5.41, 5.74) is 11.1. The average Bonchev–Trinajstić information content (AvgIpc) is 3.66. The number of aryl methyl sites for hydroxylation is 2. The second-order valence-electron chi connectivity index (χ2n) is 14.5. The normalized spacial score (nSPS) is 11.2. The van der Waals surface area contributed by atoms with Crippen LogP contribution in [-0.4, -0.2) is 0 Å². The van der Waals surface area contributed by atoms with Crippen LogP contribution in [0.3, 0.4) is 0 Å². The molecule has 8 rings (SSSR count). The first kappa shape index (κ1) is 39.3. The van der Waals surface area contributed by atoms with E-state index in [0.717, 1.165) is 0 Å². The van der Waals surface area contributed by atoms with Gasteiger partial charge in [-0.25, -0.2) is 0 Å². The summed E-state index contributed by atoms with van der Waals surface area (Å²) in [6.45, 7) is 15.7. The Hall–Kier alpha value is -3.48. The van der Waals surface area contributed by atoms with Crippen LogP contribution >= 0.6 is 0 Å². The number of halogens is 2. The molecule has 0 atom stereocenters. The van der Waals surface area contributed by atoms with Crippen LogP contribution < -0.4 is 24.8 Å². The Balaban J connectivity index is 0.000000214. The molecule has 3 heteroatoms. The van der Waals surface area contributed by atoms with Crippen molar-refractivity contribution in [2.45, 2.75) is 59.8 Å². The maximum absolute atomic E-state index is 2.35. The van der Waals surface area contributed by atoms with E-state index >= 15 is 0 Å². The van der Waals surface area contributed by atoms with Crippen LogP contribution in [0, 0.1) is 13.8 Å². The monoisotopic (exact) mass is 768 g/mol. The molecule has 0 aliphatic rings. The Bertz CT molecular complexity index is 2380. The van der Waals surface area contributed by atoms with Crippen LogP contribution in [-0.2, 0) is 31.6 Å². The number of rotatable bonds is 3. The van der Waals surface area contributed by atoms with Gasteiger partial charge >= 0.3 is 26.2 Å². The van der Waals surface area contributed by atoms with Gasteiger partial charge in [0.15, 0.2) is 0 Å². The molecule has 0 heterocycles. The molecule has 0 spiro atoms. The van der Waals surface area contributed by atoms with Crippen molar-refractivity contribution in [1.82, 2.24) is 0 Å². The van der Waals surface area contributed by atoms with Crippen LogP contribution in [0.5, 0.6) is 0 Å². The number of hydrogen-bond acceptors (Lipinski definition) is 0. The first-order valence-electron chi connectivity index (χ1n) is 17.0. The summed E-state index contributed by atoms with van der Waals surface area (Å²) in [6.07, 6.45) is 0. The van der Waals surface area contributed by atoms with Gasteiger partial charge < -0.3 is 24.8 Å². The molecule has 0 radical (unpaired) electrons. The van der Waals surface area contributed by atoms with Gasteiger partial charge in [0.2, 0.25) is 0 Å². The van der Waals surface area contributed by atoms with Crippen molar-refractivity contribution in [3.63, 3.8) is 0 Å². The average molecular weight is 771 g/mol. The fraction of sp³-hybridized carbons (Fsp3) is 0.191. The third-order valence-electron chi connectivity index (χ3n) is 9.89. The zero-order valence-electron chi connectivity index (χ0n) is 30.0. The fourth-order valence-corrected chi connectivity index (χ4v) is 7.21. The third-order valence-corrected chi connectivity index (χ3v) is 9.89. The van der Waals surface area contributed by atoms with Gasteiger partial charge in [-0.3, -0.25) is 0 Å². The van der Waals surface area contributed by atoms with Crippen molar-refractivity contribution in [2.75, 3.05) is 0 Å². The summed E-state index contributed by atoms with van der Waals surface area (Å²) in [4.78, 5) is 0. The predicted octanol–water partition coefficient (Wildman–Crippen LogP) is 7.80. The molecular formula is C47H44Cl2Zr. The molecule has 0 nitrogen and oxygen atoms in total. The van der Waals surface area contributed by atoms with E-state index in [1.807, 2.05) is 0 Å². The van der Waals surface area contributed by atoms with Gasteiger partial charge in [0.25, 0.3) is 0 Å². The number of benzene rings is 6. The van der Waals surface area contributed by atoms with Gasteiger partial charge in [-0.1, -0.05) is 151 Å². The Morgan fingerprint density at radius 2 is 1.20 bits per heavy atom. The van der Waals surface area contributed by atoms with E-state index in [1.165, 1.54) is 87.6 Å². The molecule has 50 heavy (non-hydrogen) atoms. The van der Waals surface area contributed by atoms with Crippen molar-refractivity contribution in [1.29, 1.82) is 0 Å². The van der Waals surface area contributed by atoms with Gasteiger partial charge in [0.05, 0.1) is 0 Å². The van der Waals surface area contributed by atoms with Crippen molar-refractivity contribution in [3.8, 4) is 22.3 Å². The second kappa shape index (κ2) is 15.8. The SMILES string of the molecule is CC(C)c1cc2c(-c3ccc(C(C)(C)C)cc3)cccc2[cH-]1.Cc1[cH-]c2c(C)cccc2c1-c1cccc2ccc3ccccc3c12.[Cl-].[Cl-].[Zr+4]. The number of fused-ring (bicyclic) bond motifs is 5. The van der Waals surface area contributed by atoms with Crippen molar-refractivity contribution >= 4 is 43.1 Å². The predicted molar refractivity (Wildman–Crippen MR) is 207 cm³/mol. The quantitative estimate of drug-likeness (QED) is 0.127. The minimum Gasteiger partial charge on any atom is -1.00 e. The van der Waals surface area contributed by atoms with Gasteiger partial charge in [0.1, 0.15) is 0 Å². The molecule has 0 saturated carbocycles. The van der Waals surface area contributed by atoms with Gasteiger partial charge in [0, 0.05) is 0 Å². The minimum absolute atomic E-state index is 0. The summed E-state index contributed by atoms with van der Waals surface area (Å²) in [5, 5.41) is 10.7. The molecule has 8 aromatic rings. The molecule has 0 bridgehead atoms. The van der Waals surface area contributed by atoms with Crippen LogP contribution in [0.1, 0.15) is 62.8 Å². The second-order valence-corrected chi connectivity index (χ2v) is 14.5. The Morgan fingerprint density at radius 1 is 0.580 bits per heavy atom.